The minimum Gasteiger partial charge on any atom is -0.311 e. The molecule has 1 saturated heterocycles. The Morgan fingerprint density at radius 1 is 1.45 bits per heavy atom. The zero-order chi connectivity index (χ0) is 14.0. The van der Waals surface area contributed by atoms with Crippen molar-refractivity contribution in [2.75, 3.05) is 5.32 Å². The fourth-order valence-electron chi connectivity index (χ4n) is 2.10. The summed E-state index contributed by atoms with van der Waals surface area (Å²) in [5.74, 6) is -0.392. The van der Waals surface area contributed by atoms with Gasteiger partial charge in [0.25, 0.3) is 0 Å². The molecule has 1 aromatic rings. The summed E-state index contributed by atoms with van der Waals surface area (Å²) in [6, 6.07) is 3.39. The van der Waals surface area contributed by atoms with E-state index >= 15 is 0 Å². The van der Waals surface area contributed by atoms with Gasteiger partial charge in [-0.15, -0.1) is 12.4 Å². The van der Waals surface area contributed by atoms with E-state index in [4.69, 9.17) is 0 Å². The Bertz CT molecular complexity index is 562. The van der Waals surface area contributed by atoms with Gasteiger partial charge in [0.05, 0.1) is 5.41 Å². The van der Waals surface area contributed by atoms with Gasteiger partial charge in [-0.2, -0.15) is 0 Å². The second kappa shape index (κ2) is 6.00. The van der Waals surface area contributed by atoms with Crippen LogP contribution in [-0.4, -0.2) is 22.7 Å². The minimum atomic E-state index is -0.774. The molecular formula is C13H16ClN3O3. The molecule has 2 N–H and O–H groups in total. The quantitative estimate of drug-likeness (QED) is 0.802. The largest absolute Gasteiger partial charge is 0.311 e. The lowest BCUT2D eigenvalue weighted by molar-refractivity contribution is -0.137. The van der Waals surface area contributed by atoms with Crippen LogP contribution in [0, 0.1) is 0 Å². The number of pyridine rings is 1. The number of imide groups is 1. The average Bonchev–Trinajstić information content (AvgIpc) is 2.34. The number of nitrogens with one attached hydrogen (secondary N) is 2. The molecule has 6 nitrogen and oxygen atoms in total. The summed E-state index contributed by atoms with van der Waals surface area (Å²) < 4.78 is 0. The molecule has 1 aliphatic rings. The van der Waals surface area contributed by atoms with Crippen molar-refractivity contribution in [2.45, 2.75) is 32.1 Å². The van der Waals surface area contributed by atoms with Crippen molar-refractivity contribution in [3.05, 3.63) is 23.9 Å². The molecule has 1 fully saturated rings. The molecule has 0 aliphatic carbocycles. The molecule has 2 rings (SSSR count). The Kier molecular flexibility index (Phi) is 4.83. The van der Waals surface area contributed by atoms with Crippen LogP contribution in [0.2, 0.25) is 0 Å². The maximum absolute atomic E-state index is 12.0. The predicted molar refractivity (Wildman–Crippen MR) is 75.5 cm³/mol. The fraction of sp³-hybridized carbons (Fsp3) is 0.385. The monoisotopic (exact) mass is 297 g/mol. The zero-order valence-corrected chi connectivity index (χ0v) is 12.0. The predicted octanol–water partition coefficient (Wildman–Crippen LogP) is 1.16. The lowest BCUT2D eigenvalue weighted by Crippen LogP contribution is -2.49. The van der Waals surface area contributed by atoms with Crippen molar-refractivity contribution >= 4 is 35.9 Å². The normalized spacial score (nSPS) is 21.7. The number of hydrogen-bond acceptors (Lipinski definition) is 4. The maximum Gasteiger partial charge on any atom is 0.236 e. The molecule has 2 heterocycles. The number of hydrogen-bond donors (Lipinski definition) is 2. The molecule has 0 bridgehead atoms. The van der Waals surface area contributed by atoms with Crippen LogP contribution >= 0.6 is 12.4 Å². The Hall–Kier alpha value is -1.95. The van der Waals surface area contributed by atoms with Crippen LogP contribution in [0.3, 0.4) is 0 Å². The van der Waals surface area contributed by atoms with Gasteiger partial charge in [-0.25, -0.2) is 4.98 Å². The molecule has 0 aromatic carbocycles. The first-order valence-corrected chi connectivity index (χ1v) is 6.00. The van der Waals surface area contributed by atoms with Crippen LogP contribution in [0.1, 0.15) is 32.3 Å². The van der Waals surface area contributed by atoms with E-state index in [1.165, 1.54) is 13.1 Å². The van der Waals surface area contributed by atoms with E-state index < -0.39 is 5.41 Å². The lowest BCUT2D eigenvalue weighted by Gasteiger charge is -2.32. The topological polar surface area (TPSA) is 88.2 Å². The zero-order valence-electron chi connectivity index (χ0n) is 11.2. The SMILES string of the molecule is CC(=O)Nc1cc([C@@]2(C)CCC(=O)NC2=O)ccn1.Cl. The average molecular weight is 298 g/mol. The van der Waals surface area contributed by atoms with Crippen molar-refractivity contribution in [3.8, 4) is 0 Å². The van der Waals surface area contributed by atoms with Crippen molar-refractivity contribution in [3.63, 3.8) is 0 Å². The van der Waals surface area contributed by atoms with E-state index in [1.54, 1.807) is 19.1 Å². The smallest absolute Gasteiger partial charge is 0.236 e. The van der Waals surface area contributed by atoms with Gasteiger partial charge in [0.15, 0.2) is 0 Å². The summed E-state index contributed by atoms with van der Waals surface area (Å²) in [7, 11) is 0. The summed E-state index contributed by atoms with van der Waals surface area (Å²) in [4.78, 5) is 38.3. The van der Waals surface area contributed by atoms with Crippen LogP contribution in [0.25, 0.3) is 0 Å². The highest BCUT2D eigenvalue weighted by Crippen LogP contribution is 2.32. The standard InChI is InChI=1S/C13H15N3O3.ClH/c1-8(17)15-10-7-9(4-6-14-10)13(2)5-3-11(18)16-12(13)19;/h4,6-7H,3,5H2,1-2H3,(H,14,15,17)(H,16,18,19);1H/t13-;/m1./s1. The van der Waals surface area contributed by atoms with Gasteiger partial charge in [-0.3, -0.25) is 19.7 Å². The van der Waals surface area contributed by atoms with E-state index in [2.05, 4.69) is 15.6 Å². The molecule has 3 amide bonds. The minimum absolute atomic E-state index is 0. The number of anilines is 1. The van der Waals surface area contributed by atoms with E-state index in [0.717, 1.165) is 5.56 Å². The molecule has 1 aromatic heterocycles. The van der Waals surface area contributed by atoms with Crippen LogP contribution in [0.5, 0.6) is 0 Å². The van der Waals surface area contributed by atoms with Crippen molar-refractivity contribution in [1.29, 1.82) is 0 Å². The Labute approximate surface area is 122 Å². The van der Waals surface area contributed by atoms with E-state index in [-0.39, 0.29) is 30.1 Å². The third-order valence-electron chi connectivity index (χ3n) is 3.31. The van der Waals surface area contributed by atoms with E-state index in [1.807, 2.05) is 0 Å². The number of carbonyl (C=O) groups excluding carboxylic acids is 3. The first kappa shape index (κ1) is 16.1. The van der Waals surface area contributed by atoms with Gasteiger partial charge >= 0.3 is 0 Å². The van der Waals surface area contributed by atoms with Crippen LogP contribution in [-0.2, 0) is 19.8 Å². The Morgan fingerprint density at radius 2 is 2.15 bits per heavy atom. The number of piperidine rings is 1. The molecule has 0 radical (unpaired) electrons. The number of rotatable bonds is 2. The van der Waals surface area contributed by atoms with Crippen molar-refractivity contribution in [1.82, 2.24) is 10.3 Å². The summed E-state index contributed by atoms with van der Waals surface area (Å²) in [5.41, 5.74) is -0.0411. The third kappa shape index (κ3) is 3.14. The van der Waals surface area contributed by atoms with Gasteiger partial charge in [-0.05, 0) is 31.0 Å². The highest BCUT2D eigenvalue weighted by molar-refractivity contribution is 6.03. The summed E-state index contributed by atoms with van der Waals surface area (Å²) in [5, 5.41) is 4.92. The molecule has 0 spiro atoms. The van der Waals surface area contributed by atoms with Gasteiger partial charge in [0, 0.05) is 19.5 Å². The summed E-state index contributed by atoms with van der Waals surface area (Å²) in [6.45, 7) is 3.17. The van der Waals surface area contributed by atoms with Crippen LogP contribution in [0.4, 0.5) is 5.82 Å². The van der Waals surface area contributed by atoms with Crippen LogP contribution in [0.15, 0.2) is 18.3 Å². The molecule has 7 heteroatoms. The van der Waals surface area contributed by atoms with Gasteiger partial charge in [0.2, 0.25) is 17.7 Å². The van der Waals surface area contributed by atoms with E-state index in [9.17, 15) is 14.4 Å². The summed E-state index contributed by atoms with van der Waals surface area (Å²) >= 11 is 0. The molecule has 0 saturated carbocycles. The molecule has 1 atom stereocenters. The molecular weight excluding hydrogens is 282 g/mol. The Balaban J connectivity index is 0.00000200. The number of halogens is 1. The molecule has 108 valence electrons. The molecule has 20 heavy (non-hydrogen) atoms. The Morgan fingerprint density at radius 3 is 2.75 bits per heavy atom. The molecule has 0 unspecified atom stereocenters. The third-order valence-corrected chi connectivity index (χ3v) is 3.31. The number of aromatic nitrogens is 1. The van der Waals surface area contributed by atoms with Gasteiger partial charge in [0.1, 0.15) is 5.82 Å². The number of nitrogens with zero attached hydrogens (tertiary/aromatic N) is 1. The first-order valence-electron chi connectivity index (χ1n) is 6.00. The van der Waals surface area contributed by atoms with E-state index in [0.29, 0.717) is 18.7 Å². The van der Waals surface area contributed by atoms with Crippen LogP contribution < -0.4 is 10.6 Å². The fourth-order valence-corrected chi connectivity index (χ4v) is 2.10. The van der Waals surface area contributed by atoms with Crippen molar-refractivity contribution < 1.29 is 14.4 Å². The summed E-state index contributed by atoms with van der Waals surface area (Å²) in [6.07, 6.45) is 2.29. The lowest BCUT2D eigenvalue weighted by atomic mass is 9.76. The highest BCUT2D eigenvalue weighted by Gasteiger charge is 2.40. The second-order valence-electron chi connectivity index (χ2n) is 4.82. The van der Waals surface area contributed by atoms with Crippen molar-refractivity contribution in [2.24, 2.45) is 0 Å². The number of amides is 3. The second-order valence-corrected chi connectivity index (χ2v) is 4.82. The maximum atomic E-state index is 12.0. The molecule has 1 aliphatic heterocycles. The van der Waals surface area contributed by atoms with Gasteiger partial charge in [-0.1, -0.05) is 0 Å². The van der Waals surface area contributed by atoms with Gasteiger partial charge < -0.3 is 5.32 Å². The highest BCUT2D eigenvalue weighted by atomic mass is 35.5. The first-order chi connectivity index (χ1) is 8.91. The number of carbonyl (C=O) groups is 3.